The Bertz CT molecular complexity index is 1340. The number of anilines is 1. The monoisotopic (exact) mass is 495 g/mol. The molecule has 1 heterocycles. The fraction of sp³-hybridized carbons (Fsp3) is 0.231. The third kappa shape index (κ3) is 6.12. The highest BCUT2D eigenvalue weighted by atomic mass is 32.2. The first kappa shape index (κ1) is 24.6. The lowest BCUT2D eigenvalue weighted by Gasteiger charge is -2.17. The summed E-state index contributed by atoms with van der Waals surface area (Å²) in [6.45, 7) is 2.34. The molecule has 0 radical (unpaired) electrons. The van der Waals surface area contributed by atoms with Gasteiger partial charge in [0.05, 0.1) is 10.8 Å². The van der Waals surface area contributed by atoms with E-state index in [2.05, 4.69) is 10.0 Å². The molecule has 1 unspecified atom stereocenters. The predicted octanol–water partition coefficient (Wildman–Crippen LogP) is 3.28. The maximum atomic E-state index is 13.3. The summed E-state index contributed by atoms with van der Waals surface area (Å²) in [4.78, 5) is 26.8. The fourth-order valence-corrected chi connectivity index (χ4v) is 5.01. The molecule has 182 valence electrons. The van der Waals surface area contributed by atoms with Gasteiger partial charge in [-0.2, -0.15) is 0 Å². The van der Waals surface area contributed by atoms with E-state index >= 15 is 0 Å². The number of rotatable bonds is 8. The van der Waals surface area contributed by atoms with E-state index in [4.69, 9.17) is 0 Å². The minimum Gasteiger partial charge on any atom is -0.352 e. The van der Waals surface area contributed by atoms with Gasteiger partial charge in [-0.25, -0.2) is 17.5 Å². The van der Waals surface area contributed by atoms with E-state index in [9.17, 15) is 22.4 Å². The molecule has 0 spiro atoms. The van der Waals surface area contributed by atoms with E-state index in [1.54, 1.807) is 23.1 Å². The van der Waals surface area contributed by atoms with Crippen LogP contribution in [0, 0.1) is 18.7 Å². The number of nitrogens with one attached hydrogen (secondary N) is 2. The Balaban J connectivity index is 1.35. The number of halogens is 1. The lowest BCUT2D eigenvalue weighted by Crippen LogP contribution is -2.32. The van der Waals surface area contributed by atoms with Gasteiger partial charge in [-0.3, -0.25) is 9.59 Å². The Labute approximate surface area is 204 Å². The van der Waals surface area contributed by atoms with E-state index in [-0.39, 0.29) is 36.2 Å². The van der Waals surface area contributed by atoms with Crippen molar-refractivity contribution < 1.29 is 22.4 Å². The molecule has 2 N–H and O–H groups in total. The number of aryl methyl sites for hydroxylation is 1. The second-order valence-corrected chi connectivity index (χ2v) is 10.3. The second-order valence-electron chi connectivity index (χ2n) is 8.56. The van der Waals surface area contributed by atoms with Crippen LogP contribution in [0.15, 0.2) is 77.7 Å². The average Bonchev–Trinajstić information content (AvgIpc) is 3.24. The molecule has 1 aliphatic rings. The highest BCUT2D eigenvalue weighted by Crippen LogP contribution is 2.25. The van der Waals surface area contributed by atoms with Crippen molar-refractivity contribution in [2.45, 2.75) is 31.3 Å². The van der Waals surface area contributed by atoms with Crippen molar-refractivity contribution in [1.29, 1.82) is 0 Å². The van der Waals surface area contributed by atoms with E-state index in [0.717, 1.165) is 11.3 Å². The van der Waals surface area contributed by atoms with E-state index < -0.39 is 21.8 Å². The predicted molar refractivity (Wildman–Crippen MR) is 130 cm³/mol. The van der Waals surface area contributed by atoms with Crippen LogP contribution in [0.1, 0.15) is 23.1 Å². The highest BCUT2D eigenvalue weighted by molar-refractivity contribution is 7.89. The zero-order chi connectivity index (χ0) is 25.0. The molecule has 7 nitrogen and oxygen atoms in total. The topological polar surface area (TPSA) is 95.6 Å². The molecule has 3 aromatic carbocycles. The average molecular weight is 496 g/mol. The fourth-order valence-electron chi connectivity index (χ4n) is 3.92. The summed E-state index contributed by atoms with van der Waals surface area (Å²) < 4.78 is 41.2. The van der Waals surface area contributed by atoms with Gasteiger partial charge >= 0.3 is 0 Å². The first-order valence-corrected chi connectivity index (χ1v) is 12.7. The SMILES string of the molecule is Cc1ccc(N2CC(C(=O)NCc3cccc(S(=O)(=O)NCc4cccc(F)c4)c3)CC2=O)cc1. The third-order valence-corrected chi connectivity index (χ3v) is 7.27. The summed E-state index contributed by atoms with van der Waals surface area (Å²) >= 11 is 0. The molecule has 1 saturated heterocycles. The number of nitrogens with zero attached hydrogens (tertiary/aromatic N) is 1. The van der Waals surface area contributed by atoms with Crippen LogP contribution in [0.3, 0.4) is 0 Å². The van der Waals surface area contributed by atoms with Gasteiger partial charge in [-0.15, -0.1) is 0 Å². The number of carbonyl (C=O) groups is 2. The Kier molecular flexibility index (Phi) is 7.28. The van der Waals surface area contributed by atoms with Gasteiger partial charge in [0.2, 0.25) is 21.8 Å². The summed E-state index contributed by atoms with van der Waals surface area (Å²) in [5, 5.41) is 2.81. The molecule has 4 rings (SSSR count). The van der Waals surface area contributed by atoms with Gasteiger partial charge < -0.3 is 10.2 Å². The maximum Gasteiger partial charge on any atom is 0.240 e. The number of hydrogen-bond donors (Lipinski definition) is 2. The van der Waals surface area contributed by atoms with Crippen LogP contribution in [-0.4, -0.2) is 26.8 Å². The number of amides is 2. The molecule has 0 saturated carbocycles. The van der Waals surface area contributed by atoms with E-state index in [0.29, 0.717) is 17.7 Å². The first-order chi connectivity index (χ1) is 16.7. The van der Waals surface area contributed by atoms with E-state index in [1.807, 2.05) is 31.2 Å². The molecular weight excluding hydrogens is 469 g/mol. The van der Waals surface area contributed by atoms with Crippen molar-refractivity contribution in [2.75, 3.05) is 11.4 Å². The van der Waals surface area contributed by atoms with Crippen molar-refractivity contribution in [2.24, 2.45) is 5.92 Å². The highest BCUT2D eigenvalue weighted by Gasteiger charge is 2.35. The van der Waals surface area contributed by atoms with Crippen molar-refractivity contribution in [3.8, 4) is 0 Å². The molecule has 0 aliphatic carbocycles. The normalized spacial score (nSPS) is 15.9. The minimum atomic E-state index is -3.83. The lowest BCUT2D eigenvalue weighted by atomic mass is 10.1. The van der Waals surface area contributed by atoms with Crippen molar-refractivity contribution >= 4 is 27.5 Å². The lowest BCUT2D eigenvalue weighted by molar-refractivity contribution is -0.126. The molecule has 1 aliphatic heterocycles. The molecule has 0 bridgehead atoms. The Morgan fingerprint density at radius 3 is 2.40 bits per heavy atom. The summed E-state index contributed by atoms with van der Waals surface area (Å²) in [5.41, 5.74) is 2.96. The van der Waals surface area contributed by atoms with Crippen molar-refractivity contribution in [3.63, 3.8) is 0 Å². The van der Waals surface area contributed by atoms with Crippen LogP contribution in [0.4, 0.5) is 10.1 Å². The molecule has 1 atom stereocenters. The van der Waals surface area contributed by atoms with Gasteiger partial charge in [0.1, 0.15) is 5.82 Å². The van der Waals surface area contributed by atoms with Gasteiger partial charge in [-0.1, -0.05) is 42.0 Å². The van der Waals surface area contributed by atoms with Gasteiger partial charge in [0, 0.05) is 31.7 Å². The molecular formula is C26H26FN3O4S. The quantitative estimate of drug-likeness (QED) is 0.501. The van der Waals surface area contributed by atoms with Crippen LogP contribution in [0.25, 0.3) is 0 Å². The maximum absolute atomic E-state index is 13.3. The second kappa shape index (κ2) is 10.4. The smallest absolute Gasteiger partial charge is 0.240 e. The first-order valence-electron chi connectivity index (χ1n) is 11.2. The van der Waals surface area contributed by atoms with Crippen molar-refractivity contribution in [3.05, 3.63) is 95.3 Å². The van der Waals surface area contributed by atoms with Gasteiger partial charge in [-0.05, 0) is 54.4 Å². The van der Waals surface area contributed by atoms with Crippen LogP contribution in [-0.2, 0) is 32.7 Å². The molecule has 2 amide bonds. The molecule has 9 heteroatoms. The Morgan fingerprint density at radius 2 is 1.69 bits per heavy atom. The molecule has 1 fully saturated rings. The Hall–Kier alpha value is -3.56. The molecule has 3 aromatic rings. The standard InChI is InChI=1S/C26H26FN3O4S/c1-18-8-10-23(11-9-18)30-17-21(14-25(30)31)26(32)28-15-20-5-3-7-24(13-20)35(33,34)29-16-19-4-2-6-22(27)12-19/h2-13,21,29H,14-17H2,1H3,(H,28,32). The summed E-state index contributed by atoms with van der Waals surface area (Å²) in [5.74, 6) is -1.29. The Morgan fingerprint density at radius 1 is 1.00 bits per heavy atom. The number of carbonyl (C=O) groups excluding carboxylic acids is 2. The van der Waals surface area contributed by atoms with E-state index in [1.165, 1.54) is 30.3 Å². The van der Waals surface area contributed by atoms with Crippen LogP contribution >= 0.6 is 0 Å². The molecule has 0 aromatic heterocycles. The number of sulfonamides is 1. The van der Waals surface area contributed by atoms with Crippen LogP contribution in [0.5, 0.6) is 0 Å². The summed E-state index contributed by atoms with van der Waals surface area (Å²) in [6.07, 6.45) is 0.123. The third-order valence-electron chi connectivity index (χ3n) is 5.87. The van der Waals surface area contributed by atoms with Gasteiger partial charge in [0.25, 0.3) is 0 Å². The molecule has 35 heavy (non-hydrogen) atoms. The largest absolute Gasteiger partial charge is 0.352 e. The summed E-state index contributed by atoms with van der Waals surface area (Å²) in [7, 11) is -3.83. The van der Waals surface area contributed by atoms with Crippen LogP contribution in [0.2, 0.25) is 0 Å². The number of benzene rings is 3. The number of hydrogen-bond acceptors (Lipinski definition) is 4. The zero-order valence-electron chi connectivity index (χ0n) is 19.2. The zero-order valence-corrected chi connectivity index (χ0v) is 20.0. The van der Waals surface area contributed by atoms with Gasteiger partial charge in [0.15, 0.2) is 0 Å². The summed E-state index contributed by atoms with van der Waals surface area (Å²) in [6, 6.07) is 19.5. The van der Waals surface area contributed by atoms with Crippen molar-refractivity contribution in [1.82, 2.24) is 10.0 Å². The van der Waals surface area contributed by atoms with Crippen LogP contribution < -0.4 is 14.9 Å². The minimum absolute atomic E-state index is 0.0437.